The highest BCUT2D eigenvalue weighted by atomic mass is 79.9. The lowest BCUT2D eigenvalue weighted by Crippen LogP contribution is -2.27. The smallest absolute Gasteiger partial charge is 0.136 e. The van der Waals surface area contributed by atoms with Gasteiger partial charge in [0, 0.05) is 23.6 Å². The van der Waals surface area contributed by atoms with E-state index in [0.29, 0.717) is 21.6 Å². The average Bonchev–Trinajstić information content (AvgIpc) is 3.34. The SMILES string of the molecule is CCCN(CC1CC1)c1cc(Nc2c(Cl)cc(Br)cc2Cl)nc(C)n1. The van der Waals surface area contributed by atoms with Gasteiger partial charge in [-0.15, -0.1) is 0 Å². The highest BCUT2D eigenvalue weighted by Crippen LogP contribution is 2.36. The van der Waals surface area contributed by atoms with Crippen LogP contribution in [-0.2, 0) is 0 Å². The van der Waals surface area contributed by atoms with Gasteiger partial charge in [0.1, 0.15) is 17.5 Å². The maximum absolute atomic E-state index is 6.32. The number of aryl methyl sites for hydroxylation is 1. The van der Waals surface area contributed by atoms with Crippen molar-refractivity contribution >= 4 is 56.5 Å². The van der Waals surface area contributed by atoms with E-state index in [1.165, 1.54) is 12.8 Å². The number of nitrogens with zero attached hydrogens (tertiary/aromatic N) is 3. The van der Waals surface area contributed by atoms with Crippen LogP contribution in [0.15, 0.2) is 22.7 Å². The summed E-state index contributed by atoms with van der Waals surface area (Å²) in [6.45, 7) is 6.14. The van der Waals surface area contributed by atoms with Crippen molar-refractivity contribution < 1.29 is 0 Å². The van der Waals surface area contributed by atoms with Crippen molar-refractivity contribution in [3.05, 3.63) is 38.5 Å². The van der Waals surface area contributed by atoms with Crippen LogP contribution < -0.4 is 10.2 Å². The summed E-state index contributed by atoms with van der Waals surface area (Å²) in [5.41, 5.74) is 0.653. The first kappa shape index (κ1) is 18.7. The molecule has 0 aliphatic heterocycles. The van der Waals surface area contributed by atoms with E-state index in [9.17, 15) is 0 Å². The van der Waals surface area contributed by atoms with E-state index in [2.05, 4.69) is 43.0 Å². The van der Waals surface area contributed by atoms with Crippen molar-refractivity contribution in [2.45, 2.75) is 33.1 Å². The lowest BCUT2D eigenvalue weighted by molar-refractivity contribution is 0.696. The van der Waals surface area contributed by atoms with Gasteiger partial charge in [-0.1, -0.05) is 46.1 Å². The fourth-order valence-corrected chi connectivity index (χ4v) is 4.05. The van der Waals surface area contributed by atoms with Gasteiger partial charge in [0.05, 0.1) is 15.7 Å². The summed E-state index contributed by atoms with van der Waals surface area (Å²) in [4.78, 5) is 11.5. The molecule has 0 bridgehead atoms. The molecule has 0 saturated heterocycles. The van der Waals surface area contributed by atoms with Crippen molar-refractivity contribution in [2.75, 3.05) is 23.3 Å². The molecular weight excluding hydrogens is 423 g/mol. The van der Waals surface area contributed by atoms with Crippen LogP contribution in [0.4, 0.5) is 17.3 Å². The summed E-state index contributed by atoms with van der Waals surface area (Å²) >= 11 is 16.0. The number of benzene rings is 1. The maximum Gasteiger partial charge on any atom is 0.136 e. The number of rotatable bonds is 7. The molecule has 4 nitrogen and oxygen atoms in total. The van der Waals surface area contributed by atoms with Gasteiger partial charge in [0.2, 0.25) is 0 Å². The van der Waals surface area contributed by atoms with E-state index in [1.807, 2.05) is 13.0 Å². The number of anilines is 3. The molecule has 0 spiro atoms. The average molecular weight is 444 g/mol. The molecule has 3 rings (SSSR count). The summed E-state index contributed by atoms with van der Waals surface area (Å²) in [6, 6.07) is 5.59. The molecule has 1 saturated carbocycles. The van der Waals surface area contributed by atoms with Crippen LogP contribution in [0.1, 0.15) is 32.0 Å². The highest BCUT2D eigenvalue weighted by molar-refractivity contribution is 9.10. The van der Waals surface area contributed by atoms with Crippen LogP contribution >= 0.6 is 39.1 Å². The number of aromatic nitrogens is 2. The minimum absolute atomic E-state index is 0.542. The van der Waals surface area contributed by atoms with Crippen molar-refractivity contribution in [1.82, 2.24) is 9.97 Å². The third kappa shape index (κ3) is 4.99. The zero-order valence-corrected chi connectivity index (χ0v) is 17.4. The Labute approximate surface area is 167 Å². The monoisotopic (exact) mass is 442 g/mol. The van der Waals surface area contributed by atoms with Crippen LogP contribution in [0.3, 0.4) is 0 Å². The Hall–Kier alpha value is -1.04. The maximum atomic E-state index is 6.32. The quantitative estimate of drug-likeness (QED) is 0.550. The molecule has 2 aromatic rings. The van der Waals surface area contributed by atoms with Crippen LogP contribution in [-0.4, -0.2) is 23.1 Å². The molecule has 1 N–H and O–H groups in total. The molecule has 1 aromatic carbocycles. The molecule has 1 aliphatic rings. The molecule has 1 aromatic heterocycles. The van der Waals surface area contributed by atoms with Gasteiger partial charge in [-0.3, -0.25) is 0 Å². The topological polar surface area (TPSA) is 41.0 Å². The van der Waals surface area contributed by atoms with Gasteiger partial charge in [0.15, 0.2) is 0 Å². The second-order valence-corrected chi connectivity index (χ2v) is 8.15. The lowest BCUT2D eigenvalue weighted by Gasteiger charge is -2.24. The van der Waals surface area contributed by atoms with E-state index in [1.54, 1.807) is 12.1 Å². The van der Waals surface area contributed by atoms with Crippen LogP contribution in [0.5, 0.6) is 0 Å². The number of hydrogen-bond acceptors (Lipinski definition) is 4. The van der Waals surface area contributed by atoms with Gasteiger partial charge in [0.25, 0.3) is 0 Å². The van der Waals surface area contributed by atoms with Gasteiger partial charge < -0.3 is 10.2 Å². The molecule has 1 aliphatic carbocycles. The van der Waals surface area contributed by atoms with Crippen LogP contribution in [0, 0.1) is 12.8 Å². The molecule has 0 atom stereocenters. The molecule has 0 unspecified atom stereocenters. The number of nitrogens with one attached hydrogen (secondary N) is 1. The highest BCUT2D eigenvalue weighted by Gasteiger charge is 2.25. The van der Waals surface area contributed by atoms with E-state index >= 15 is 0 Å². The normalized spacial score (nSPS) is 13.8. The molecule has 1 fully saturated rings. The van der Waals surface area contributed by atoms with E-state index in [-0.39, 0.29) is 0 Å². The lowest BCUT2D eigenvalue weighted by atomic mass is 10.3. The molecule has 1 heterocycles. The van der Waals surface area contributed by atoms with E-state index < -0.39 is 0 Å². The summed E-state index contributed by atoms with van der Waals surface area (Å²) in [6.07, 6.45) is 3.72. The first-order valence-electron chi connectivity index (χ1n) is 8.48. The van der Waals surface area contributed by atoms with Crippen LogP contribution in [0.25, 0.3) is 0 Å². The third-order valence-electron chi connectivity index (χ3n) is 4.08. The Morgan fingerprint density at radius 2 is 1.88 bits per heavy atom. The predicted molar refractivity (Wildman–Crippen MR) is 109 cm³/mol. The van der Waals surface area contributed by atoms with E-state index in [0.717, 1.165) is 41.5 Å². The van der Waals surface area contributed by atoms with Gasteiger partial charge in [-0.05, 0) is 44.2 Å². The Kier molecular flexibility index (Phi) is 6.08. The summed E-state index contributed by atoms with van der Waals surface area (Å²) < 4.78 is 0.839. The minimum Gasteiger partial charge on any atom is -0.356 e. The van der Waals surface area contributed by atoms with Gasteiger partial charge >= 0.3 is 0 Å². The molecule has 7 heteroatoms. The largest absolute Gasteiger partial charge is 0.356 e. The zero-order chi connectivity index (χ0) is 18.0. The van der Waals surface area contributed by atoms with Gasteiger partial charge in [-0.25, -0.2) is 9.97 Å². The standard InChI is InChI=1S/C18H21BrCl2N4/c1-3-6-25(10-12-4-5-12)17-9-16(22-11(2)23-17)24-18-14(20)7-13(19)8-15(18)21/h7-9,12H,3-6,10H2,1-2H3,(H,22,23,24). The summed E-state index contributed by atoms with van der Waals surface area (Å²) in [7, 11) is 0. The predicted octanol–water partition coefficient (Wildman–Crippen LogP) is 6.22. The molecule has 134 valence electrons. The third-order valence-corrected chi connectivity index (χ3v) is 5.13. The van der Waals surface area contributed by atoms with Crippen molar-refractivity contribution in [2.24, 2.45) is 5.92 Å². The Bertz CT molecular complexity index is 742. The Morgan fingerprint density at radius 1 is 1.20 bits per heavy atom. The van der Waals surface area contributed by atoms with Crippen molar-refractivity contribution in [3.8, 4) is 0 Å². The van der Waals surface area contributed by atoms with Gasteiger partial charge in [-0.2, -0.15) is 0 Å². The fourth-order valence-electron chi connectivity index (χ4n) is 2.75. The fraction of sp³-hybridized carbons (Fsp3) is 0.444. The summed E-state index contributed by atoms with van der Waals surface area (Å²) in [5.74, 6) is 3.17. The van der Waals surface area contributed by atoms with Crippen LogP contribution in [0.2, 0.25) is 10.0 Å². The Balaban J connectivity index is 1.88. The number of halogens is 3. The Morgan fingerprint density at radius 3 is 2.48 bits per heavy atom. The van der Waals surface area contributed by atoms with Crippen molar-refractivity contribution in [1.29, 1.82) is 0 Å². The molecule has 25 heavy (non-hydrogen) atoms. The van der Waals surface area contributed by atoms with Crippen molar-refractivity contribution in [3.63, 3.8) is 0 Å². The molecule has 0 radical (unpaired) electrons. The molecular formula is C18H21BrCl2N4. The summed E-state index contributed by atoms with van der Waals surface area (Å²) in [5, 5.41) is 4.34. The minimum atomic E-state index is 0.542. The van der Waals surface area contributed by atoms with E-state index in [4.69, 9.17) is 23.2 Å². The number of hydrogen-bond donors (Lipinski definition) is 1. The first-order chi connectivity index (χ1) is 12.0. The zero-order valence-electron chi connectivity index (χ0n) is 14.3. The molecule has 0 amide bonds. The second kappa shape index (κ2) is 8.11. The first-order valence-corrected chi connectivity index (χ1v) is 10.0. The second-order valence-electron chi connectivity index (χ2n) is 6.42.